The lowest BCUT2D eigenvalue weighted by molar-refractivity contribution is -0.135. The smallest absolute Gasteiger partial charge is 0.318 e. The first-order chi connectivity index (χ1) is 6.87. The third kappa shape index (κ3) is 8.34. The summed E-state index contributed by atoms with van der Waals surface area (Å²) in [6, 6.07) is 0. The number of rotatable bonds is 8. The van der Waals surface area contributed by atoms with E-state index in [0.717, 1.165) is 0 Å². The third-order valence-electron chi connectivity index (χ3n) is 1.55. The van der Waals surface area contributed by atoms with Crippen LogP contribution in [0, 0.1) is 5.92 Å². The van der Waals surface area contributed by atoms with Crippen molar-refractivity contribution in [2.45, 2.75) is 13.8 Å². The zero-order valence-electron chi connectivity index (χ0n) is 8.89. The Balaban J connectivity index is 3.96. The second kappa shape index (κ2) is 6.76. The Bertz CT molecular complexity index is 287. The first-order valence-electron chi connectivity index (χ1n) is 4.64. The van der Waals surface area contributed by atoms with Gasteiger partial charge in [0, 0.05) is 6.61 Å². The Morgan fingerprint density at radius 2 is 2.13 bits per heavy atom. The Morgan fingerprint density at radius 3 is 2.60 bits per heavy atom. The van der Waals surface area contributed by atoms with Gasteiger partial charge in [0.25, 0.3) is 0 Å². The summed E-state index contributed by atoms with van der Waals surface area (Å²) < 4.78 is 29.6. The first-order valence-corrected chi connectivity index (χ1v) is 6.29. The summed E-state index contributed by atoms with van der Waals surface area (Å²) in [5.41, 5.74) is 0. The molecule has 0 amide bonds. The van der Waals surface area contributed by atoms with Gasteiger partial charge in [-0.15, -0.1) is 0 Å². The molecule has 0 aliphatic heterocycles. The molecule has 1 atom stereocenters. The van der Waals surface area contributed by atoms with Crippen LogP contribution in [0.3, 0.4) is 0 Å². The minimum absolute atomic E-state index is 0.125. The summed E-state index contributed by atoms with van der Waals surface area (Å²) in [6.07, 6.45) is 0. The maximum Gasteiger partial charge on any atom is 0.318 e. The van der Waals surface area contributed by atoms with E-state index in [9.17, 15) is 13.2 Å². The zero-order chi connectivity index (χ0) is 11.9. The molecule has 0 aromatic heterocycles. The highest BCUT2D eigenvalue weighted by atomic mass is 32.2. The first kappa shape index (κ1) is 14.3. The van der Waals surface area contributed by atoms with Gasteiger partial charge in [-0.2, -0.15) is 0 Å². The minimum Gasteiger partial charge on any atom is -0.480 e. The molecule has 7 heteroatoms. The van der Waals surface area contributed by atoms with Crippen molar-refractivity contribution in [3.8, 4) is 0 Å². The number of carboxylic acid groups (broad SMARTS) is 1. The topological polar surface area (TPSA) is 92.7 Å². The van der Waals surface area contributed by atoms with Gasteiger partial charge >= 0.3 is 5.97 Å². The van der Waals surface area contributed by atoms with E-state index in [0.29, 0.717) is 13.2 Å². The second-order valence-electron chi connectivity index (χ2n) is 3.26. The van der Waals surface area contributed by atoms with Crippen molar-refractivity contribution in [1.29, 1.82) is 0 Å². The lowest BCUT2D eigenvalue weighted by Crippen LogP contribution is -2.34. The molecule has 0 spiro atoms. The van der Waals surface area contributed by atoms with E-state index in [1.165, 1.54) is 0 Å². The fourth-order valence-corrected chi connectivity index (χ4v) is 2.28. The maximum absolute atomic E-state index is 11.3. The van der Waals surface area contributed by atoms with Gasteiger partial charge in [-0.3, -0.25) is 4.79 Å². The Hall–Kier alpha value is -0.660. The highest BCUT2D eigenvalue weighted by Gasteiger charge is 2.16. The molecule has 0 aliphatic rings. The molecule has 90 valence electrons. The normalized spacial score (nSPS) is 13.7. The molecule has 0 radical (unpaired) electrons. The predicted octanol–water partition coefficient (Wildman–Crippen LogP) is -0.337. The van der Waals surface area contributed by atoms with Crippen molar-refractivity contribution in [3.63, 3.8) is 0 Å². The molecule has 2 N–H and O–H groups in total. The predicted molar refractivity (Wildman–Crippen MR) is 55.1 cm³/mol. The second-order valence-corrected chi connectivity index (χ2v) is 5.11. The molecule has 0 aromatic carbocycles. The number of nitrogens with one attached hydrogen (secondary N) is 1. The molecule has 0 heterocycles. The van der Waals surface area contributed by atoms with E-state index in [-0.39, 0.29) is 11.7 Å². The molecule has 0 fully saturated rings. The third-order valence-corrected chi connectivity index (χ3v) is 3.15. The van der Waals surface area contributed by atoms with Gasteiger partial charge in [-0.05, 0) is 12.8 Å². The van der Waals surface area contributed by atoms with E-state index < -0.39 is 22.5 Å². The standard InChI is InChI=1S/C8H17NO5S/c1-3-14-5-7(2)6-15(12,13)9-4-8(10)11/h7,9H,3-6H2,1-2H3,(H,10,11). The highest BCUT2D eigenvalue weighted by Crippen LogP contribution is 2.00. The molecule has 15 heavy (non-hydrogen) atoms. The van der Waals surface area contributed by atoms with Gasteiger partial charge in [0.1, 0.15) is 6.54 Å². The minimum atomic E-state index is -3.52. The number of carboxylic acids is 1. The van der Waals surface area contributed by atoms with Crippen molar-refractivity contribution in [2.75, 3.05) is 25.5 Å². The van der Waals surface area contributed by atoms with Crippen molar-refractivity contribution >= 4 is 16.0 Å². The van der Waals surface area contributed by atoms with Crippen LogP contribution >= 0.6 is 0 Å². The van der Waals surface area contributed by atoms with Crippen LogP contribution in [0.2, 0.25) is 0 Å². The van der Waals surface area contributed by atoms with Gasteiger partial charge in [-0.1, -0.05) is 6.92 Å². The summed E-state index contributed by atoms with van der Waals surface area (Å²) in [6.45, 7) is 3.86. The fraction of sp³-hybridized carbons (Fsp3) is 0.875. The Labute approximate surface area is 89.7 Å². The molecule has 6 nitrogen and oxygen atoms in total. The van der Waals surface area contributed by atoms with Gasteiger partial charge < -0.3 is 9.84 Å². The molecule has 0 bridgehead atoms. The van der Waals surface area contributed by atoms with Crippen LogP contribution in [0.25, 0.3) is 0 Å². The number of hydrogen-bond acceptors (Lipinski definition) is 4. The molecular weight excluding hydrogens is 222 g/mol. The van der Waals surface area contributed by atoms with E-state index in [4.69, 9.17) is 9.84 Å². The van der Waals surface area contributed by atoms with Gasteiger partial charge in [0.15, 0.2) is 0 Å². The molecular formula is C8H17NO5S. The van der Waals surface area contributed by atoms with E-state index in [1.54, 1.807) is 6.92 Å². The van der Waals surface area contributed by atoms with Gasteiger partial charge in [0.05, 0.1) is 12.4 Å². The molecule has 1 unspecified atom stereocenters. The van der Waals surface area contributed by atoms with Crippen LogP contribution < -0.4 is 4.72 Å². The molecule has 0 aliphatic carbocycles. The lowest BCUT2D eigenvalue weighted by atomic mass is 10.2. The molecule has 0 saturated carbocycles. The van der Waals surface area contributed by atoms with Gasteiger partial charge in [0.2, 0.25) is 10.0 Å². The number of aliphatic carboxylic acids is 1. The van der Waals surface area contributed by atoms with E-state index >= 15 is 0 Å². The Morgan fingerprint density at radius 1 is 1.53 bits per heavy atom. The van der Waals surface area contributed by atoms with Crippen molar-refractivity contribution < 1.29 is 23.1 Å². The summed E-state index contributed by atoms with van der Waals surface area (Å²) in [5, 5.41) is 8.30. The number of carbonyl (C=O) groups is 1. The average Bonchev–Trinajstić information content (AvgIpc) is 2.11. The number of hydrogen-bond donors (Lipinski definition) is 2. The lowest BCUT2D eigenvalue weighted by Gasteiger charge is -2.11. The van der Waals surface area contributed by atoms with E-state index in [1.807, 2.05) is 11.6 Å². The Kier molecular flexibility index (Phi) is 6.46. The van der Waals surface area contributed by atoms with Crippen molar-refractivity contribution in [3.05, 3.63) is 0 Å². The zero-order valence-corrected chi connectivity index (χ0v) is 9.71. The average molecular weight is 239 g/mol. The quantitative estimate of drug-likeness (QED) is 0.604. The summed E-state index contributed by atoms with van der Waals surface area (Å²) in [4.78, 5) is 10.2. The van der Waals surface area contributed by atoms with Crippen LogP contribution in [0.4, 0.5) is 0 Å². The van der Waals surface area contributed by atoms with Crippen LogP contribution in [0.15, 0.2) is 0 Å². The highest BCUT2D eigenvalue weighted by molar-refractivity contribution is 7.89. The van der Waals surface area contributed by atoms with Crippen LogP contribution in [0.1, 0.15) is 13.8 Å². The summed E-state index contributed by atoms with van der Waals surface area (Å²) in [5.74, 6) is -1.48. The molecule has 0 saturated heterocycles. The van der Waals surface area contributed by atoms with E-state index in [2.05, 4.69) is 0 Å². The van der Waals surface area contributed by atoms with Crippen LogP contribution in [0.5, 0.6) is 0 Å². The summed E-state index contributed by atoms with van der Waals surface area (Å²) >= 11 is 0. The van der Waals surface area contributed by atoms with Crippen LogP contribution in [-0.2, 0) is 19.6 Å². The molecule has 0 aromatic rings. The SMILES string of the molecule is CCOCC(C)CS(=O)(=O)NCC(=O)O. The van der Waals surface area contributed by atoms with Crippen molar-refractivity contribution in [2.24, 2.45) is 5.92 Å². The van der Waals surface area contributed by atoms with Gasteiger partial charge in [-0.25, -0.2) is 13.1 Å². The number of sulfonamides is 1. The van der Waals surface area contributed by atoms with Crippen LogP contribution in [-0.4, -0.2) is 45.0 Å². The maximum atomic E-state index is 11.3. The number of ether oxygens (including phenoxy) is 1. The summed E-state index contributed by atoms with van der Waals surface area (Å²) in [7, 11) is -3.52. The monoisotopic (exact) mass is 239 g/mol. The fourth-order valence-electron chi connectivity index (χ4n) is 0.972. The largest absolute Gasteiger partial charge is 0.480 e. The van der Waals surface area contributed by atoms with Crippen molar-refractivity contribution in [1.82, 2.24) is 4.72 Å². The molecule has 0 rings (SSSR count).